The lowest BCUT2D eigenvalue weighted by Crippen LogP contribution is -2.40. The summed E-state index contributed by atoms with van der Waals surface area (Å²) in [5, 5.41) is 0. The second-order valence-corrected chi connectivity index (χ2v) is 5.52. The fourth-order valence-electron chi connectivity index (χ4n) is 2.92. The van der Waals surface area contributed by atoms with Gasteiger partial charge in [0.2, 0.25) is 0 Å². The number of hydrogen-bond donors (Lipinski definition) is 1. The normalized spacial score (nSPS) is 16.5. The predicted molar refractivity (Wildman–Crippen MR) is 100 cm³/mol. The highest BCUT2D eigenvalue weighted by molar-refractivity contribution is 5.94. The first kappa shape index (κ1) is 22.0. The van der Waals surface area contributed by atoms with Gasteiger partial charge in [-0.3, -0.25) is 4.79 Å². The molecule has 2 rings (SSSR count). The smallest absolute Gasteiger partial charge is 0.255 e. The maximum Gasteiger partial charge on any atom is 0.255 e. The van der Waals surface area contributed by atoms with Gasteiger partial charge in [-0.15, -0.1) is 24.8 Å². The van der Waals surface area contributed by atoms with Crippen molar-refractivity contribution in [2.45, 2.75) is 39.2 Å². The third-order valence-electron chi connectivity index (χ3n) is 4.10. The molecule has 2 heterocycles. The van der Waals surface area contributed by atoms with Gasteiger partial charge in [-0.25, -0.2) is 4.98 Å². The second kappa shape index (κ2) is 10.7. The Morgan fingerprint density at radius 3 is 2.65 bits per heavy atom. The summed E-state index contributed by atoms with van der Waals surface area (Å²) in [6.07, 6.45) is 4.83. The van der Waals surface area contributed by atoms with Crippen LogP contribution < -0.4 is 10.6 Å². The van der Waals surface area contributed by atoms with Gasteiger partial charge >= 0.3 is 0 Å². The Hall–Kier alpha value is -1.04. The quantitative estimate of drug-likeness (QED) is 0.844. The minimum atomic E-state index is 0. The number of carbonyl (C=O) groups is 1. The van der Waals surface area contributed by atoms with Gasteiger partial charge in [-0.05, 0) is 38.3 Å². The van der Waals surface area contributed by atoms with Crippen LogP contribution in [0.1, 0.15) is 43.5 Å². The van der Waals surface area contributed by atoms with Crippen LogP contribution >= 0.6 is 24.8 Å². The molecular weight excluding hydrogens is 335 g/mol. The highest BCUT2D eigenvalue weighted by Crippen LogP contribution is 2.20. The number of carbonyl (C=O) groups excluding carboxylic acids is 1. The van der Waals surface area contributed by atoms with E-state index in [-0.39, 0.29) is 36.8 Å². The molecule has 0 aliphatic carbocycles. The van der Waals surface area contributed by atoms with Crippen molar-refractivity contribution < 1.29 is 4.79 Å². The summed E-state index contributed by atoms with van der Waals surface area (Å²) in [6.45, 7) is 7.53. The Bertz CT molecular complexity index is 470. The Kier molecular flexibility index (Phi) is 10.2. The Labute approximate surface area is 151 Å². The van der Waals surface area contributed by atoms with Crippen LogP contribution in [0.4, 0.5) is 5.82 Å². The van der Waals surface area contributed by atoms with E-state index in [9.17, 15) is 4.79 Å². The van der Waals surface area contributed by atoms with E-state index in [1.807, 2.05) is 17.0 Å². The predicted octanol–water partition coefficient (Wildman–Crippen LogP) is 2.72. The molecule has 7 heteroatoms. The molecule has 1 amide bonds. The molecule has 0 saturated carbocycles. The number of halogens is 2. The summed E-state index contributed by atoms with van der Waals surface area (Å²) in [5.74, 6) is 0.994. The van der Waals surface area contributed by atoms with Gasteiger partial charge < -0.3 is 15.5 Å². The summed E-state index contributed by atoms with van der Waals surface area (Å²) in [4.78, 5) is 21.1. The molecule has 23 heavy (non-hydrogen) atoms. The lowest BCUT2D eigenvalue weighted by Gasteiger charge is -2.24. The summed E-state index contributed by atoms with van der Waals surface area (Å²) < 4.78 is 0. The molecule has 0 spiro atoms. The zero-order valence-electron chi connectivity index (χ0n) is 13.9. The molecule has 1 aliphatic heterocycles. The maximum atomic E-state index is 12.5. The van der Waals surface area contributed by atoms with E-state index in [0.717, 1.165) is 44.7 Å². The van der Waals surface area contributed by atoms with Crippen molar-refractivity contribution in [3.8, 4) is 0 Å². The Morgan fingerprint density at radius 2 is 2.13 bits per heavy atom. The van der Waals surface area contributed by atoms with Crippen molar-refractivity contribution in [1.82, 2.24) is 9.88 Å². The number of rotatable bonds is 6. The van der Waals surface area contributed by atoms with Gasteiger partial charge in [0.05, 0.1) is 5.56 Å². The number of anilines is 1. The van der Waals surface area contributed by atoms with Crippen molar-refractivity contribution in [3.05, 3.63) is 23.9 Å². The molecular formula is C16H28Cl2N4O. The molecule has 1 fully saturated rings. The van der Waals surface area contributed by atoms with Crippen molar-refractivity contribution >= 4 is 36.5 Å². The summed E-state index contributed by atoms with van der Waals surface area (Å²) in [5.41, 5.74) is 6.40. The maximum absolute atomic E-state index is 12.5. The van der Waals surface area contributed by atoms with Crippen molar-refractivity contribution in [3.63, 3.8) is 0 Å². The lowest BCUT2D eigenvalue weighted by atomic mass is 10.2. The van der Waals surface area contributed by atoms with Crippen LogP contribution in [0, 0.1) is 0 Å². The summed E-state index contributed by atoms with van der Waals surface area (Å²) in [7, 11) is 0. The number of hydrogen-bond acceptors (Lipinski definition) is 4. The monoisotopic (exact) mass is 362 g/mol. The van der Waals surface area contributed by atoms with Crippen molar-refractivity contribution in [2.24, 2.45) is 5.73 Å². The third-order valence-corrected chi connectivity index (χ3v) is 4.10. The van der Waals surface area contributed by atoms with Crippen molar-refractivity contribution in [1.29, 1.82) is 0 Å². The first-order valence-electron chi connectivity index (χ1n) is 7.93. The average molecular weight is 363 g/mol. The molecule has 1 aromatic heterocycles. The zero-order valence-corrected chi connectivity index (χ0v) is 15.5. The van der Waals surface area contributed by atoms with Gasteiger partial charge in [0.15, 0.2) is 0 Å². The molecule has 1 saturated heterocycles. The SMILES string of the molecule is CCCN(CC)c1ccc(C(=O)N2CCCC2CN)cn1.Cl.Cl. The molecule has 1 atom stereocenters. The topological polar surface area (TPSA) is 62.5 Å². The molecule has 0 bridgehead atoms. The molecule has 1 unspecified atom stereocenters. The minimum absolute atomic E-state index is 0. The molecule has 2 N–H and O–H groups in total. The third kappa shape index (κ3) is 5.23. The number of nitrogens with zero attached hydrogens (tertiary/aromatic N) is 3. The highest BCUT2D eigenvalue weighted by atomic mass is 35.5. The van der Waals surface area contributed by atoms with Crippen LogP contribution in [0.5, 0.6) is 0 Å². The van der Waals surface area contributed by atoms with Gasteiger partial charge in [0.25, 0.3) is 5.91 Å². The van der Waals surface area contributed by atoms with E-state index in [1.54, 1.807) is 6.20 Å². The zero-order chi connectivity index (χ0) is 15.2. The summed E-state index contributed by atoms with van der Waals surface area (Å²) >= 11 is 0. The van der Waals surface area contributed by atoms with E-state index < -0.39 is 0 Å². The van der Waals surface area contributed by atoms with Crippen LogP contribution in [-0.2, 0) is 0 Å². The van der Waals surface area contributed by atoms with E-state index in [0.29, 0.717) is 12.1 Å². The van der Waals surface area contributed by atoms with Gasteiger partial charge in [-0.2, -0.15) is 0 Å². The second-order valence-electron chi connectivity index (χ2n) is 5.52. The molecule has 1 aromatic rings. The van der Waals surface area contributed by atoms with Crippen LogP contribution in [-0.4, -0.2) is 48.0 Å². The fourth-order valence-corrected chi connectivity index (χ4v) is 2.92. The molecule has 0 radical (unpaired) electrons. The van der Waals surface area contributed by atoms with Crippen LogP contribution in [0.3, 0.4) is 0 Å². The van der Waals surface area contributed by atoms with Gasteiger partial charge in [0.1, 0.15) is 5.82 Å². The van der Waals surface area contributed by atoms with E-state index in [2.05, 4.69) is 23.7 Å². The van der Waals surface area contributed by atoms with Crippen molar-refractivity contribution in [2.75, 3.05) is 31.1 Å². The van der Waals surface area contributed by atoms with Crippen LogP contribution in [0.15, 0.2) is 18.3 Å². The van der Waals surface area contributed by atoms with E-state index in [4.69, 9.17) is 5.73 Å². The number of amides is 1. The Morgan fingerprint density at radius 1 is 1.39 bits per heavy atom. The number of nitrogens with two attached hydrogens (primary N) is 1. The average Bonchev–Trinajstić information content (AvgIpc) is 3.00. The summed E-state index contributed by atoms with van der Waals surface area (Å²) in [6, 6.07) is 4.01. The largest absolute Gasteiger partial charge is 0.357 e. The van der Waals surface area contributed by atoms with Crippen LogP contribution in [0.25, 0.3) is 0 Å². The molecule has 5 nitrogen and oxygen atoms in total. The van der Waals surface area contributed by atoms with E-state index >= 15 is 0 Å². The van der Waals surface area contributed by atoms with Gasteiger partial charge in [-0.1, -0.05) is 6.92 Å². The van der Waals surface area contributed by atoms with Gasteiger partial charge in [0, 0.05) is 38.4 Å². The number of likely N-dealkylation sites (tertiary alicyclic amines) is 1. The minimum Gasteiger partial charge on any atom is -0.357 e. The Balaban J connectivity index is 0.00000242. The number of aromatic nitrogens is 1. The standard InChI is InChI=1S/C16H26N4O.2ClH/c1-3-9-19(4-2)15-8-7-13(12-18-15)16(21)20-10-5-6-14(20)11-17;;/h7-8,12,14H,3-6,9-11,17H2,1-2H3;2*1H. The molecule has 132 valence electrons. The molecule has 1 aliphatic rings. The highest BCUT2D eigenvalue weighted by Gasteiger charge is 2.28. The first-order valence-corrected chi connectivity index (χ1v) is 7.93. The lowest BCUT2D eigenvalue weighted by molar-refractivity contribution is 0.0741. The van der Waals surface area contributed by atoms with Crippen LogP contribution in [0.2, 0.25) is 0 Å². The molecule has 0 aromatic carbocycles. The van der Waals surface area contributed by atoms with E-state index in [1.165, 1.54) is 0 Å². The fraction of sp³-hybridized carbons (Fsp3) is 0.625. The first-order chi connectivity index (χ1) is 10.2. The number of pyridine rings is 1.